The number of anilines is 1. The smallest absolute Gasteiger partial charge is 0.229 e. The number of carbonyl (C=O) groups excluding carboxylic acids is 2. The second-order valence-electron chi connectivity index (χ2n) is 5.66. The first-order valence-electron chi connectivity index (χ1n) is 8.00. The van der Waals surface area contributed by atoms with Crippen LogP contribution in [0.15, 0.2) is 41.8 Å². The van der Waals surface area contributed by atoms with Gasteiger partial charge in [-0.05, 0) is 42.6 Å². The van der Waals surface area contributed by atoms with Crippen molar-refractivity contribution in [3.63, 3.8) is 0 Å². The van der Waals surface area contributed by atoms with Gasteiger partial charge in [-0.15, -0.1) is 11.3 Å². The molecule has 1 N–H and O–H groups in total. The Morgan fingerprint density at radius 1 is 1.33 bits per heavy atom. The van der Waals surface area contributed by atoms with Crippen LogP contribution < -0.4 is 15.0 Å². The Balaban J connectivity index is 1.57. The van der Waals surface area contributed by atoms with E-state index in [-0.39, 0.29) is 17.9 Å². The number of nitrogens with one attached hydrogen (secondary N) is 1. The first kappa shape index (κ1) is 16.5. The molecule has 0 aliphatic carbocycles. The van der Waals surface area contributed by atoms with E-state index in [1.54, 1.807) is 16.2 Å². The van der Waals surface area contributed by atoms with Gasteiger partial charge in [-0.3, -0.25) is 9.59 Å². The summed E-state index contributed by atoms with van der Waals surface area (Å²) in [5, 5.41) is 4.91. The molecule has 6 heteroatoms. The zero-order valence-corrected chi connectivity index (χ0v) is 14.3. The van der Waals surface area contributed by atoms with Crippen LogP contribution in [0.5, 0.6) is 5.75 Å². The first-order valence-corrected chi connectivity index (χ1v) is 8.88. The molecular formula is C18H20N2O3S. The third-order valence-electron chi connectivity index (χ3n) is 3.86. The molecule has 1 saturated heterocycles. The summed E-state index contributed by atoms with van der Waals surface area (Å²) < 4.78 is 5.41. The van der Waals surface area contributed by atoms with Crippen molar-refractivity contribution in [3.05, 3.63) is 46.7 Å². The number of benzene rings is 1. The van der Waals surface area contributed by atoms with Gasteiger partial charge in [0, 0.05) is 23.5 Å². The summed E-state index contributed by atoms with van der Waals surface area (Å²) >= 11 is 1.56. The lowest BCUT2D eigenvalue weighted by atomic mass is 10.2. The summed E-state index contributed by atoms with van der Waals surface area (Å²) in [5.41, 5.74) is 0.832. The summed E-state index contributed by atoms with van der Waals surface area (Å²) in [7, 11) is 0. The first-order chi connectivity index (χ1) is 11.7. The maximum absolute atomic E-state index is 12.2. The maximum Gasteiger partial charge on any atom is 0.229 e. The summed E-state index contributed by atoms with van der Waals surface area (Å²) in [4.78, 5) is 27.1. The van der Waals surface area contributed by atoms with E-state index < -0.39 is 0 Å². The molecule has 1 atom stereocenters. The Kier molecular flexibility index (Phi) is 5.15. The van der Waals surface area contributed by atoms with E-state index in [1.807, 2.05) is 48.7 Å². The molecule has 0 saturated carbocycles. The van der Waals surface area contributed by atoms with E-state index in [9.17, 15) is 9.59 Å². The van der Waals surface area contributed by atoms with Gasteiger partial charge in [-0.1, -0.05) is 6.07 Å². The van der Waals surface area contributed by atoms with Crippen molar-refractivity contribution in [2.45, 2.75) is 25.8 Å². The van der Waals surface area contributed by atoms with Crippen molar-refractivity contribution < 1.29 is 14.3 Å². The van der Waals surface area contributed by atoms with Gasteiger partial charge in [0.25, 0.3) is 0 Å². The van der Waals surface area contributed by atoms with Crippen LogP contribution >= 0.6 is 11.3 Å². The monoisotopic (exact) mass is 344 g/mol. The lowest BCUT2D eigenvalue weighted by Gasteiger charge is -2.17. The van der Waals surface area contributed by atoms with Crippen LogP contribution in [-0.4, -0.2) is 31.0 Å². The molecule has 2 amide bonds. The van der Waals surface area contributed by atoms with Gasteiger partial charge in [0.2, 0.25) is 11.8 Å². The van der Waals surface area contributed by atoms with Gasteiger partial charge in [0.1, 0.15) is 5.75 Å². The summed E-state index contributed by atoms with van der Waals surface area (Å²) in [5.74, 6) is 0.776. The number of nitrogens with zero attached hydrogens (tertiary/aromatic N) is 1. The minimum absolute atomic E-state index is 0.0283. The largest absolute Gasteiger partial charge is 0.494 e. The second kappa shape index (κ2) is 7.49. The molecule has 1 fully saturated rings. The Morgan fingerprint density at radius 3 is 2.79 bits per heavy atom. The van der Waals surface area contributed by atoms with Crippen molar-refractivity contribution >= 4 is 28.8 Å². The number of hydrogen-bond donors (Lipinski definition) is 1. The zero-order chi connectivity index (χ0) is 16.9. The van der Waals surface area contributed by atoms with Gasteiger partial charge in [-0.2, -0.15) is 0 Å². The molecule has 24 heavy (non-hydrogen) atoms. The average Bonchev–Trinajstić information content (AvgIpc) is 3.18. The van der Waals surface area contributed by atoms with Crippen molar-refractivity contribution in [1.29, 1.82) is 0 Å². The number of ether oxygens (including phenoxy) is 1. The Morgan fingerprint density at radius 2 is 2.12 bits per heavy atom. The van der Waals surface area contributed by atoms with Crippen molar-refractivity contribution in [2.75, 3.05) is 18.1 Å². The molecular weight excluding hydrogens is 324 g/mol. The Hall–Kier alpha value is -2.34. The molecule has 1 aliphatic rings. The number of thiophene rings is 1. The predicted molar refractivity (Wildman–Crippen MR) is 94.5 cm³/mol. The van der Waals surface area contributed by atoms with E-state index in [4.69, 9.17) is 4.74 Å². The normalized spacial score (nSPS) is 17.1. The van der Waals surface area contributed by atoms with Crippen LogP contribution in [-0.2, 0) is 16.0 Å². The highest BCUT2D eigenvalue weighted by molar-refractivity contribution is 7.10. The molecule has 2 heterocycles. The fourth-order valence-corrected chi connectivity index (χ4v) is 3.50. The quantitative estimate of drug-likeness (QED) is 0.876. The summed E-state index contributed by atoms with van der Waals surface area (Å²) in [6.45, 7) is 3.05. The van der Waals surface area contributed by atoms with E-state index in [2.05, 4.69) is 5.32 Å². The number of hydrogen-bond acceptors (Lipinski definition) is 4. The van der Waals surface area contributed by atoms with Crippen LogP contribution in [0.1, 0.15) is 18.2 Å². The minimum Gasteiger partial charge on any atom is -0.494 e. The van der Waals surface area contributed by atoms with Crippen LogP contribution in [0, 0.1) is 0 Å². The molecule has 1 aliphatic heterocycles. The highest BCUT2D eigenvalue weighted by atomic mass is 32.1. The van der Waals surface area contributed by atoms with Gasteiger partial charge in [0.05, 0.1) is 19.1 Å². The molecule has 0 spiro atoms. The zero-order valence-electron chi connectivity index (χ0n) is 13.5. The summed E-state index contributed by atoms with van der Waals surface area (Å²) in [6.07, 6.45) is 0.703. The maximum atomic E-state index is 12.2. The van der Waals surface area contributed by atoms with Crippen LogP contribution in [0.3, 0.4) is 0 Å². The van der Waals surface area contributed by atoms with E-state index >= 15 is 0 Å². The van der Waals surface area contributed by atoms with Crippen LogP contribution in [0.4, 0.5) is 5.69 Å². The molecule has 0 bridgehead atoms. The topological polar surface area (TPSA) is 58.6 Å². The predicted octanol–water partition coefficient (Wildman–Crippen LogP) is 2.61. The standard InChI is InChI=1S/C18H20N2O3S/c1-2-23-15-7-5-14(6-8-15)20-12-13(10-18(20)22)19-17(21)11-16-4-3-9-24-16/h3-9,13H,2,10-12H2,1H3,(H,19,21)/t13-/m1/s1. The Bertz CT molecular complexity index is 698. The molecule has 3 rings (SSSR count). The van der Waals surface area contributed by atoms with Gasteiger partial charge >= 0.3 is 0 Å². The van der Waals surface area contributed by atoms with Crippen LogP contribution in [0.2, 0.25) is 0 Å². The fraction of sp³-hybridized carbons (Fsp3) is 0.333. The fourth-order valence-electron chi connectivity index (χ4n) is 2.79. The molecule has 126 valence electrons. The van der Waals surface area contributed by atoms with Crippen molar-refractivity contribution in [1.82, 2.24) is 5.32 Å². The highest BCUT2D eigenvalue weighted by Gasteiger charge is 2.31. The van der Waals surface area contributed by atoms with Gasteiger partial charge in [-0.25, -0.2) is 0 Å². The summed E-state index contributed by atoms with van der Waals surface area (Å²) in [6, 6.07) is 11.2. The second-order valence-corrected chi connectivity index (χ2v) is 6.69. The average molecular weight is 344 g/mol. The molecule has 0 unspecified atom stereocenters. The molecule has 1 aromatic heterocycles. The molecule has 1 aromatic carbocycles. The van der Waals surface area contributed by atoms with Crippen molar-refractivity contribution in [3.8, 4) is 5.75 Å². The minimum atomic E-state index is -0.142. The van der Waals surface area contributed by atoms with E-state index in [0.29, 0.717) is 26.0 Å². The van der Waals surface area contributed by atoms with E-state index in [1.165, 1.54) is 0 Å². The molecule has 0 radical (unpaired) electrons. The van der Waals surface area contributed by atoms with Crippen LogP contribution in [0.25, 0.3) is 0 Å². The van der Waals surface area contributed by atoms with Gasteiger partial charge < -0.3 is 15.0 Å². The molecule has 2 aromatic rings. The Labute approximate surface area is 145 Å². The third-order valence-corrected chi connectivity index (χ3v) is 4.74. The highest BCUT2D eigenvalue weighted by Crippen LogP contribution is 2.24. The SMILES string of the molecule is CCOc1ccc(N2C[C@H](NC(=O)Cc3cccs3)CC2=O)cc1. The van der Waals surface area contributed by atoms with Crippen molar-refractivity contribution in [2.24, 2.45) is 0 Å². The number of carbonyl (C=O) groups is 2. The van der Waals surface area contributed by atoms with Gasteiger partial charge in [0.15, 0.2) is 0 Å². The van der Waals surface area contributed by atoms with E-state index in [0.717, 1.165) is 16.3 Å². The lowest BCUT2D eigenvalue weighted by molar-refractivity contribution is -0.121. The number of amides is 2. The molecule has 5 nitrogen and oxygen atoms in total. The third kappa shape index (κ3) is 3.94. The lowest BCUT2D eigenvalue weighted by Crippen LogP contribution is -2.37. The number of rotatable bonds is 6.